The molecule has 116 valence electrons. The van der Waals surface area contributed by atoms with Gasteiger partial charge in [-0.05, 0) is 17.7 Å². The van der Waals surface area contributed by atoms with Crippen LogP contribution in [0.3, 0.4) is 0 Å². The molecule has 0 aliphatic rings. The van der Waals surface area contributed by atoms with E-state index in [9.17, 15) is 15.2 Å². The summed E-state index contributed by atoms with van der Waals surface area (Å²) in [4.78, 5) is 10.1. The van der Waals surface area contributed by atoms with Gasteiger partial charge in [0.05, 0.1) is 7.11 Å². The molecule has 2 rings (SSSR count). The molecule has 2 atom stereocenters. The molecule has 2 aromatic carbocycles. The van der Waals surface area contributed by atoms with E-state index in [1.54, 1.807) is 48.5 Å². The Balaban J connectivity index is 0.00000264. The quantitative estimate of drug-likeness (QED) is 0.420. The van der Waals surface area contributed by atoms with Gasteiger partial charge < -0.3 is 14.6 Å². The van der Waals surface area contributed by atoms with Crippen LogP contribution in [0.4, 0.5) is 0 Å². The van der Waals surface area contributed by atoms with Crippen LogP contribution in [0.1, 0.15) is 11.7 Å². The van der Waals surface area contributed by atoms with Gasteiger partial charge in [-0.25, -0.2) is 0 Å². The van der Waals surface area contributed by atoms with Crippen LogP contribution in [0, 0.1) is 10.1 Å². The van der Waals surface area contributed by atoms with Gasteiger partial charge in [0.1, 0.15) is 0 Å². The van der Waals surface area contributed by atoms with Crippen LogP contribution in [0.25, 0.3) is 0 Å². The molecule has 2 unspecified atom stereocenters. The van der Waals surface area contributed by atoms with Crippen molar-refractivity contribution in [3.05, 3.63) is 70.3 Å². The van der Waals surface area contributed by atoms with E-state index in [2.05, 4.69) is 0 Å². The van der Waals surface area contributed by atoms with Gasteiger partial charge in [0.25, 0.3) is 0 Å². The summed E-state index contributed by atoms with van der Waals surface area (Å²) in [5, 5.41) is 20.8. The first-order valence-corrected chi connectivity index (χ1v) is 6.76. The third-order valence-corrected chi connectivity index (χ3v) is 3.14. The Morgan fingerprint density at radius 3 is 2.22 bits per heavy atom. The Morgan fingerprint density at radius 1 is 1.09 bits per heavy atom. The number of nitrogens with zero attached hydrogens (tertiary/aromatic N) is 1. The van der Waals surface area contributed by atoms with Crippen LogP contribution in [-0.2, 0) is 0 Å². The average Bonchev–Trinajstić information content (AvgIpc) is 2.53. The maximum absolute atomic E-state index is 10.7. The molecule has 1 N–H and O–H groups in total. The number of aliphatic hydroxyl groups excluding tert-OH is 1. The minimum Gasteiger partial charge on any atom is -0.493 e. The summed E-state index contributed by atoms with van der Waals surface area (Å²) in [6, 6.07) is 15.9. The zero-order valence-corrected chi connectivity index (χ0v) is 15.1. The Kier molecular flexibility index (Phi) is 8.05. The second-order valence-electron chi connectivity index (χ2n) is 4.68. The summed E-state index contributed by atoms with van der Waals surface area (Å²) in [6.45, 7) is -0.602. The van der Waals surface area contributed by atoms with Gasteiger partial charge in [0, 0.05) is 4.92 Å². The van der Waals surface area contributed by atoms with Gasteiger partial charge in [-0.2, -0.15) is 0 Å². The second-order valence-corrected chi connectivity index (χ2v) is 4.68. The van der Waals surface area contributed by atoms with Gasteiger partial charge in [0.2, 0.25) is 6.54 Å². The van der Waals surface area contributed by atoms with Crippen molar-refractivity contribution in [3.8, 4) is 11.5 Å². The van der Waals surface area contributed by atoms with Gasteiger partial charge in [-0.15, -0.1) is 0 Å². The number of aliphatic hydroxyl groups is 1. The van der Waals surface area contributed by atoms with Crippen LogP contribution in [0.15, 0.2) is 54.6 Å². The molecule has 0 heterocycles. The molecular weight excluding hydrogens is 309 g/mol. The SMILES string of the molecule is COc1ccccc1OC(c1ccccc1)C(O)C[N+](=O)[O-].[Na+]. The molecule has 0 saturated heterocycles. The van der Waals surface area contributed by atoms with E-state index >= 15 is 0 Å². The standard InChI is InChI=1S/C16H17NO5.Na/c1-21-14-9-5-6-10-15(14)22-16(13(18)11-17(19)20)12-7-3-2-4-8-12;/h2-10,13,16,18H,11H2,1H3;/q;+1. The summed E-state index contributed by atoms with van der Waals surface area (Å²) < 4.78 is 11.0. The van der Waals surface area contributed by atoms with Crippen molar-refractivity contribution in [2.75, 3.05) is 13.7 Å². The number of nitro groups is 1. The summed E-state index contributed by atoms with van der Waals surface area (Å²) in [5.74, 6) is 0.915. The van der Waals surface area contributed by atoms with Crippen LogP contribution in [0.5, 0.6) is 11.5 Å². The molecule has 0 amide bonds. The fraction of sp³-hybridized carbons (Fsp3) is 0.250. The molecule has 0 radical (unpaired) electrons. The molecule has 23 heavy (non-hydrogen) atoms. The second kappa shape index (κ2) is 9.52. The van der Waals surface area contributed by atoms with E-state index in [0.29, 0.717) is 17.1 Å². The number of hydrogen-bond acceptors (Lipinski definition) is 5. The van der Waals surface area contributed by atoms with E-state index in [1.165, 1.54) is 7.11 Å². The van der Waals surface area contributed by atoms with Crippen LogP contribution in [0.2, 0.25) is 0 Å². The molecular formula is C16H17NNaO5+. The van der Waals surface area contributed by atoms with Crippen LogP contribution in [-0.4, -0.2) is 29.8 Å². The fourth-order valence-electron chi connectivity index (χ4n) is 2.11. The first kappa shape index (κ1) is 19.4. The van der Waals surface area contributed by atoms with E-state index in [1.807, 2.05) is 6.07 Å². The first-order chi connectivity index (χ1) is 10.6. The molecule has 0 fully saturated rings. The molecule has 0 aliphatic heterocycles. The third kappa shape index (κ3) is 5.51. The van der Waals surface area contributed by atoms with Crippen LogP contribution < -0.4 is 39.0 Å². The molecule has 0 saturated carbocycles. The minimum atomic E-state index is -1.28. The largest absolute Gasteiger partial charge is 1.00 e. The van der Waals surface area contributed by atoms with Crippen LogP contribution >= 0.6 is 0 Å². The number of methoxy groups -OCH3 is 1. The van der Waals surface area contributed by atoms with Gasteiger partial charge in [0.15, 0.2) is 23.7 Å². The van der Waals surface area contributed by atoms with Gasteiger partial charge in [-0.3, -0.25) is 10.1 Å². The third-order valence-electron chi connectivity index (χ3n) is 3.14. The Morgan fingerprint density at radius 2 is 1.65 bits per heavy atom. The summed E-state index contributed by atoms with van der Waals surface area (Å²) in [7, 11) is 1.51. The zero-order chi connectivity index (χ0) is 15.9. The summed E-state index contributed by atoms with van der Waals surface area (Å²) in [6.07, 6.45) is -2.13. The van der Waals surface area contributed by atoms with Gasteiger partial charge >= 0.3 is 29.6 Å². The summed E-state index contributed by atoms with van der Waals surface area (Å²) in [5.41, 5.74) is 0.655. The van der Waals surface area contributed by atoms with Crippen molar-refractivity contribution in [2.24, 2.45) is 0 Å². The van der Waals surface area contributed by atoms with E-state index < -0.39 is 23.7 Å². The summed E-state index contributed by atoms with van der Waals surface area (Å²) >= 11 is 0. The Hall–Kier alpha value is -1.60. The predicted molar refractivity (Wildman–Crippen MR) is 80.7 cm³/mol. The zero-order valence-electron chi connectivity index (χ0n) is 13.1. The van der Waals surface area contributed by atoms with Crippen molar-refractivity contribution >= 4 is 0 Å². The number of para-hydroxylation sites is 2. The predicted octanol–water partition coefficient (Wildman–Crippen LogP) is -0.543. The monoisotopic (exact) mass is 326 g/mol. The smallest absolute Gasteiger partial charge is 0.493 e. The van der Waals surface area contributed by atoms with Crippen molar-refractivity contribution in [2.45, 2.75) is 12.2 Å². The van der Waals surface area contributed by atoms with Crippen molar-refractivity contribution in [1.82, 2.24) is 0 Å². The molecule has 6 nitrogen and oxygen atoms in total. The molecule has 0 bridgehead atoms. The number of benzene rings is 2. The van der Waals surface area contributed by atoms with E-state index in [-0.39, 0.29) is 29.6 Å². The molecule has 0 aliphatic carbocycles. The molecule has 0 aromatic heterocycles. The normalized spacial score (nSPS) is 12.6. The molecule has 2 aromatic rings. The Bertz CT molecular complexity index is 623. The van der Waals surface area contributed by atoms with Crippen molar-refractivity contribution < 1.29 is 49.1 Å². The van der Waals surface area contributed by atoms with Crippen molar-refractivity contribution in [3.63, 3.8) is 0 Å². The number of rotatable bonds is 7. The topological polar surface area (TPSA) is 81.8 Å². The van der Waals surface area contributed by atoms with Gasteiger partial charge in [-0.1, -0.05) is 42.5 Å². The first-order valence-electron chi connectivity index (χ1n) is 6.76. The number of hydrogen-bond donors (Lipinski definition) is 1. The molecule has 7 heteroatoms. The van der Waals surface area contributed by atoms with Crippen molar-refractivity contribution in [1.29, 1.82) is 0 Å². The van der Waals surface area contributed by atoms with E-state index in [4.69, 9.17) is 9.47 Å². The average molecular weight is 326 g/mol. The number of ether oxygens (including phenoxy) is 2. The fourth-order valence-corrected chi connectivity index (χ4v) is 2.11. The molecule has 0 spiro atoms. The maximum atomic E-state index is 10.7. The van der Waals surface area contributed by atoms with E-state index in [0.717, 1.165) is 0 Å². The minimum absolute atomic E-state index is 0. The maximum Gasteiger partial charge on any atom is 1.00 e. The Labute approximate surface area is 156 Å².